The molecule has 206 valence electrons. The summed E-state index contributed by atoms with van der Waals surface area (Å²) in [5, 5.41) is 14.1. The molecule has 12 heteroatoms. The summed E-state index contributed by atoms with van der Waals surface area (Å²) in [6, 6.07) is 16.7. The maximum Gasteiger partial charge on any atom is 0.271 e. The lowest BCUT2D eigenvalue weighted by Gasteiger charge is -2.32. The van der Waals surface area contributed by atoms with E-state index in [1.54, 1.807) is 6.07 Å². The number of sulfonamides is 1. The van der Waals surface area contributed by atoms with Gasteiger partial charge in [-0.25, -0.2) is 12.8 Å². The van der Waals surface area contributed by atoms with Crippen LogP contribution in [0.1, 0.15) is 25.8 Å². The first-order valence-corrected chi connectivity index (χ1v) is 13.6. The number of halogens is 1. The standard InChI is InChI=1S/C27H29FN4O6S/c1-3-16-29-27(34)20(2)30(18-21-12-14-22(28)15-13-21)26(33)19-31(23-8-7-9-24(17-23)32(35)36)39(37,38)25-10-5-4-6-11-25/h4-15,17,20H,3,16,18-19H2,1-2H3,(H,29,34)/t20-/m0/s1. The second kappa shape index (κ2) is 13.0. The summed E-state index contributed by atoms with van der Waals surface area (Å²) in [6.45, 7) is 2.91. The SMILES string of the molecule is CCCNC(=O)[C@H](C)N(Cc1ccc(F)cc1)C(=O)CN(c1cccc([N+](=O)[O-])c1)S(=O)(=O)c1ccccc1. The third kappa shape index (κ3) is 7.38. The lowest BCUT2D eigenvalue weighted by molar-refractivity contribution is -0.384. The van der Waals surface area contributed by atoms with E-state index in [2.05, 4.69) is 5.32 Å². The van der Waals surface area contributed by atoms with Gasteiger partial charge in [-0.15, -0.1) is 0 Å². The predicted molar refractivity (Wildman–Crippen MR) is 144 cm³/mol. The molecule has 0 radical (unpaired) electrons. The summed E-state index contributed by atoms with van der Waals surface area (Å²) in [6.07, 6.45) is 0.667. The lowest BCUT2D eigenvalue weighted by atomic mass is 10.1. The molecule has 0 fully saturated rings. The van der Waals surface area contributed by atoms with Gasteiger partial charge in [0.1, 0.15) is 18.4 Å². The van der Waals surface area contributed by atoms with Crippen molar-refractivity contribution in [3.05, 3.63) is 100 Å². The average Bonchev–Trinajstić information content (AvgIpc) is 2.94. The zero-order valence-corrected chi connectivity index (χ0v) is 22.3. The topological polar surface area (TPSA) is 130 Å². The van der Waals surface area contributed by atoms with Crippen molar-refractivity contribution in [2.75, 3.05) is 17.4 Å². The minimum absolute atomic E-state index is 0.0915. The summed E-state index contributed by atoms with van der Waals surface area (Å²) in [4.78, 5) is 38.4. The van der Waals surface area contributed by atoms with E-state index in [-0.39, 0.29) is 22.8 Å². The molecule has 0 spiro atoms. The van der Waals surface area contributed by atoms with E-state index < -0.39 is 45.2 Å². The zero-order valence-electron chi connectivity index (χ0n) is 21.5. The van der Waals surface area contributed by atoms with Gasteiger partial charge in [0.15, 0.2) is 0 Å². The van der Waals surface area contributed by atoms with Crippen molar-refractivity contribution in [1.82, 2.24) is 10.2 Å². The normalized spacial score (nSPS) is 11.9. The molecule has 3 aromatic carbocycles. The number of nitrogens with zero attached hydrogens (tertiary/aromatic N) is 3. The van der Waals surface area contributed by atoms with Crippen LogP contribution in [0.2, 0.25) is 0 Å². The fraction of sp³-hybridized carbons (Fsp3) is 0.259. The van der Waals surface area contributed by atoms with Gasteiger partial charge in [0, 0.05) is 25.2 Å². The van der Waals surface area contributed by atoms with Crippen molar-refractivity contribution in [3.8, 4) is 0 Å². The number of amides is 2. The third-order valence-electron chi connectivity index (χ3n) is 5.92. The van der Waals surface area contributed by atoms with Crippen LogP contribution in [0, 0.1) is 15.9 Å². The van der Waals surface area contributed by atoms with E-state index >= 15 is 0 Å². The van der Waals surface area contributed by atoms with Crippen LogP contribution in [0.15, 0.2) is 83.8 Å². The Hall–Kier alpha value is -4.32. The second-order valence-electron chi connectivity index (χ2n) is 8.72. The zero-order chi connectivity index (χ0) is 28.6. The molecule has 0 bridgehead atoms. The van der Waals surface area contributed by atoms with E-state index in [4.69, 9.17) is 0 Å². The highest BCUT2D eigenvalue weighted by atomic mass is 32.2. The van der Waals surface area contributed by atoms with E-state index in [1.807, 2.05) is 6.92 Å². The highest BCUT2D eigenvalue weighted by Crippen LogP contribution is 2.27. The molecular weight excluding hydrogens is 527 g/mol. The van der Waals surface area contributed by atoms with E-state index in [9.17, 15) is 32.5 Å². The van der Waals surface area contributed by atoms with Gasteiger partial charge < -0.3 is 10.2 Å². The lowest BCUT2D eigenvalue weighted by Crippen LogP contribution is -2.51. The Balaban J connectivity index is 2.04. The van der Waals surface area contributed by atoms with Crippen LogP contribution in [0.3, 0.4) is 0 Å². The van der Waals surface area contributed by atoms with Gasteiger partial charge in [0.2, 0.25) is 11.8 Å². The Kier molecular flexibility index (Phi) is 9.72. The Morgan fingerprint density at radius 3 is 2.31 bits per heavy atom. The van der Waals surface area contributed by atoms with Gasteiger partial charge in [-0.3, -0.25) is 24.0 Å². The molecule has 0 saturated carbocycles. The first kappa shape index (κ1) is 29.2. The van der Waals surface area contributed by atoms with Crippen molar-refractivity contribution in [1.29, 1.82) is 0 Å². The molecular formula is C27H29FN4O6S. The minimum Gasteiger partial charge on any atom is -0.354 e. The molecule has 1 N–H and O–H groups in total. The number of nitro benzene ring substituents is 1. The van der Waals surface area contributed by atoms with E-state index in [0.29, 0.717) is 18.5 Å². The van der Waals surface area contributed by atoms with Crippen molar-refractivity contribution < 1.29 is 27.3 Å². The average molecular weight is 557 g/mol. The van der Waals surface area contributed by atoms with Crippen LogP contribution in [0.4, 0.5) is 15.8 Å². The predicted octanol–water partition coefficient (Wildman–Crippen LogP) is 3.87. The summed E-state index contributed by atoms with van der Waals surface area (Å²) in [5.41, 5.74) is 0.0719. The summed E-state index contributed by atoms with van der Waals surface area (Å²) >= 11 is 0. The van der Waals surface area contributed by atoms with Crippen molar-refractivity contribution in [3.63, 3.8) is 0 Å². The first-order chi connectivity index (χ1) is 18.5. The second-order valence-corrected chi connectivity index (χ2v) is 10.6. The number of nitrogens with one attached hydrogen (secondary N) is 1. The Labute approximate surface area is 226 Å². The molecule has 0 aliphatic carbocycles. The highest BCUT2D eigenvalue weighted by molar-refractivity contribution is 7.92. The van der Waals surface area contributed by atoms with Crippen LogP contribution < -0.4 is 9.62 Å². The van der Waals surface area contributed by atoms with Gasteiger partial charge >= 0.3 is 0 Å². The largest absolute Gasteiger partial charge is 0.354 e. The van der Waals surface area contributed by atoms with Gasteiger partial charge in [-0.1, -0.05) is 43.3 Å². The number of carbonyl (C=O) groups excluding carboxylic acids is 2. The van der Waals surface area contributed by atoms with Crippen LogP contribution >= 0.6 is 0 Å². The molecule has 0 aliphatic heterocycles. The molecule has 0 aliphatic rings. The maximum atomic E-state index is 13.7. The molecule has 1 atom stereocenters. The van der Waals surface area contributed by atoms with Gasteiger partial charge in [0.25, 0.3) is 15.7 Å². The number of rotatable bonds is 12. The minimum atomic E-state index is -4.35. The fourth-order valence-electron chi connectivity index (χ4n) is 3.78. The monoisotopic (exact) mass is 556 g/mol. The maximum absolute atomic E-state index is 13.7. The number of nitro groups is 1. The number of hydrogen-bond acceptors (Lipinski definition) is 6. The van der Waals surface area contributed by atoms with Crippen LogP contribution in [0.25, 0.3) is 0 Å². The van der Waals surface area contributed by atoms with Gasteiger partial charge in [-0.05, 0) is 49.2 Å². The molecule has 39 heavy (non-hydrogen) atoms. The summed E-state index contributed by atoms with van der Waals surface area (Å²) in [5.74, 6) is -1.65. The molecule has 2 amide bonds. The Morgan fingerprint density at radius 2 is 1.69 bits per heavy atom. The summed E-state index contributed by atoms with van der Waals surface area (Å²) < 4.78 is 41.6. The molecule has 0 aromatic heterocycles. The van der Waals surface area contributed by atoms with Crippen molar-refractivity contribution >= 4 is 33.2 Å². The smallest absolute Gasteiger partial charge is 0.271 e. The molecule has 10 nitrogen and oxygen atoms in total. The molecule has 0 saturated heterocycles. The summed E-state index contributed by atoms with van der Waals surface area (Å²) in [7, 11) is -4.35. The Bertz CT molecular complexity index is 1420. The van der Waals surface area contributed by atoms with Gasteiger partial charge in [-0.2, -0.15) is 0 Å². The third-order valence-corrected chi connectivity index (χ3v) is 7.71. The molecule has 0 unspecified atom stereocenters. The van der Waals surface area contributed by atoms with Gasteiger partial charge in [0.05, 0.1) is 15.5 Å². The highest BCUT2D eigenvalue weighted by Gasteiger charge is 2.33. The van der Waals surface area contributed by atoms with Crippen LogP contribution in [0.5, 0.6) is 0 Å². The van der Waals surface area contributed by atoms with Crippen LogP contribution in [-0.2, 0) is 26.2 Å². The molecule has 0 heterocycles. The number of benzene rings is 3. The quantitative estimate of drug-likeness (QED) is 0.266. The van der Waals surface area contributed by atoms with E-state index in [1.165, 1.54) is 78.6 Å². The van der Waals surface area contributed by atoms with Crippen molar-refractivity contribution in [2.24, 2.45) is 0 Å². The van der Waals surface area contributed by atoms with Crippen LogP contribution in [-0.4, -0.2) is 49.2 Å². The number of non-ortho nitro benzene ring substituents is 1. The molecule has 3 aromatic rings. The number of carbonyl (C=O) groups is 2. The molecule has 3 rings (SSSR count). The van der Waals surface area contributed by atoms with E-state index in [0.717, 1.165) is 10.4 Å². The first-order valence-electron chi connectivity index (χ1n) is 12.2. The number of anilines is 1. The Morgan fingerprint density at radius 1 is 1.03 bits per heavy atom. The van der Waals surface area contributed by atoms with Crippen molar-refractivity contribution in [2.45, 2.75) is 37.8 Å². The fourth-order valence-corrected chi connectivity index (χ4v) is 5.20. The number of hydrogen-bond donors (Lipinski definition) is 1.